The van der Waals surface area contributed by atoms with E-state index >= 15 is 0 Å². The highest BCUT2D eigenvalue weighted by atomic mass is 19.1. The number of hydrogen-bond donors (Lipinski definition) is 2. The summed E-state index contributed by atoms with van der Waals surface area (Å²) in [5.41, 5.74) is 0.616. The van der Waals surface area contributed by atoms with Gasteiger partial charge in [0, 0.05) is 12.6 Å². The van der Waals surface area contributed by atoms with Gasteiger partial charge >= 0.3 is 0 Å². The number of aliphatic hydroxyl groups excluding tert-OH is 1. The van der Waals surface area contributed by atoms with E-state index in [2.05, 4.69) is 19.2 Å². The number of halogens is 1. The summed E-state index contributed by atoms with van der Waals surface area (Å²) < 4.78 is 12.9. The molecular weight excluding hydrogens is 193 g/mol. The van der Waals surface area contributed by atoms with Crippen LogP contribution in [0.2, 0.25) is 0 Å². The molecule has 0 aromatic heterocycles. The van der Waals surface area contributed by atoms with Crippen LogP contribution >= 0.6 is 0 Å². The van der Waals surface area contributed by atoms with E-state index < -0.39 is 6.10 Å². The summed E-state index contributed by atoms with van der Waals surface area (Å²) in [6.07, 6.45) is 0.366. The zero-order valence-electron chi connectivity index (χ0n) is 9.20. The predicted octanol–water partition coefficient (Wildman–Crippen LogP) is 2.25. The normalized spacial score (nSPS) is 14.9. The summed E-state index contributed by atoms with van der Waals surface area (Å²) in [5, 5.41) is 12.9. The van der Waals surface area contributed by atoms with E-state index in [1.165, 1.54) is 12.1 Å². The molecule has 0 spiro atoms. The summed E-state index contributed by atoms with van der Waals surface area (Å²) in [7, 11) is 0. The first kappa shape index (κ1) is 12.1. The Hall–Kier alpha value is -0.930. The Morgan fingerprint density at radius 2 is 2.20 bits per heavy atom. The van der Waals surface area contributed by atoms with E-state index in [4.69, 9.17) is 0 Å². The van der Waals surface area contributed by atoms with Crippen molar-refractivity contribution in [2.45, 2.75) is 32.4 Å². The van der Waals surface area contributed by atoms with Gasteiger partial charge in [-0.2, -0.15) is 0 Å². The van der Waals surface area contributed by atoms with Gasteiger partial charge in [0.25, 0.3) is 0 Å². The van der Waals surface area contributed by atoms with Crippen molar-refractivity contribution >= 4 is 0 Å². The van der Waals surface area contributed by atoms with Gasteiger partial charge in [-0.15, -0.1) is 0 Å². The van der Waals surface area contributed by atoms with Crippen molar-refractivity contribution in [3.8, 4) is 0 Å². The lowest BCUT2D eigenvalue weighted by Crippen LogP contribution is -2.29. The largest absolute Gasteiger partial charge is 0.387 e. The van der Waals surface area contributed by atoms with Gasteiger partial charge in [-0.1, -0.05) is 19.1 Å². The van der Waals surface area contributed by atoms with E-state index in [-0.39, 0.29) is 5.82 Å². The lowest BCUT2D eigenvalue weighted by molar-refractivity contribution is 0.170. The van der Waals surface area contributed by atoms with Crippen LogP contribution in [0.1, 0.15) is 31.9 Å². The molecule has 84 valence electrons. The number of nitrogens with one attached hydrogen (secondary N) is 1. The minimum Gasteiger partial charge on any atom is -0.387 e. The highest BCUT2D eigenvalue weighted by molar-refractivity contribution is 5.18. The lowest BCUT2D eigenvalue weighted by atomic mass is 10.1. The van der Waals surface area contributed by atoms with E-state index in [1.807, 2.05) is 0 Å². The van der Waals surface area contributed by atoms with Crippen LogP contribution in [0.5, 0.6) is 0 Å². The summed E-state index contributed by atoms with van der Waals surface area (Å²) in [6, 6.07) is 6.44. The molecule has 1 aromatic rings. The van der Waals surface area contributed by atoms with Crippen molar-refractivity contribution in [2.75, 3.05) is 6.54 Å². The molecule has 0 heterocycles. The van der Waals surface area contributed by atoms with Gasteiger partial charge in [0.1, 0.15) is 5.82 Å². The molecule has 0 saturated heterocycles. The zero-order chi connectivity index (χ0) is 11.3. The second-order valence-electron chi connectivity index (χ2n) is 3.79. The SMILES string of the molecule is CCC(C)NCC(O)c1cccc(F)c1. The van der Waals surface area contributed by atoms with Gasteiger partial charge in [-0.3, -0.25) is 0 Å². The highest BCUT2D eigenvalue weighted by Crippen LogP contribution is 2.13. The minimum absolute atomic E-state index is 0.310. The van der Waals surface area contributed by atoms with Crippen molar-refractivity contribution in [1.29, 1.82) is 0 Å². The predicted molar refractivity (Wildman–Crippen MR) is 59.1 cm³/mol. The molecule has 0 bridgehead atoms. The van der Waals surface area contributed by atoms with E-state index in [0.29, 0.717) is 18.2 Å². The maximum absolute atomic E-state index is 12.9. The number of benzene rings is 1. The van der Waals surface area contributed by atoms with Crippen LogP contribution < -0.4 is 5.32 Å². The molecule has 0 amide bonds. The molecule has 15 heavy (non-hydrogen) atoms. The fourth-order valence-electron chi connectivity index (χ4n) is 1.29. The first-order chi connectivity index (χ1) is 7.13. The fraction of sp³-hybridized carbons (Fsp3) is 0.500. The molecule has 0 aliphatic rings. The second-order valence-corrected chi connectivity index (χ2v) is 3.79. The monoisotopic (exact) mass is 211 g/mol. The molecule has 1 rings (SSSR count). The molecule has 1 aromatic carbocycles. The van der Waals surface area contributed by atoms with E-state index in [0.717, 1.165) is 6.42 Å². The Morgan fingerprint density at radius 1 is 1.47 bits per heavy atom. The number of aliphatic hydroxyl groups is 1. The standard InChI is InChI=1S/C12H18FNO/c1-3-9(2)14-8-12(15)10-5-4-6-11(13)7-10/h4-7,9,12,14-15H,3,8H2,1-2H3. The second kappa shape index (κ2) is 5.83. The maximum Gasteiger partial charge on any atom is 0.123 e. The molecular formula is C12H18FNO. The van der Waals surface area contributed by atoms with Gasteiger partial charge in [-0.05, 0) is 31.0 Å². The maximum atomic E-state index is 12.9. The Balaban J connectivity index is 2.50. The Kier molecular flexibility index (Phi) is 4.72. The van der Waals surface area contributed by atoms with Crippen molar-refractivity contribution in [3.05, 3.63) is 35.6 Å². The average molecular weight is 211 g/mol. The molecule has 0 saturated carbocycles. The van der Waals surface area contributed by atoms with Crippen LogP contribution in [0.15, 0.2) is 24.3 Å². The third-order valence-corrected chi connectivity index (χ3v) is 2.51. The average Bonchev–Trinajstić information content (AvgIpc) is 2.25. The van der Waals surface area contributed by atoms with Crippen LogP contribution in [-0.4, -0.2) is 17.7 Å². The summed E-state index contributed by atoms with van der Waals surface area (Å²) in [6.45, 7) is 4.59. The molecule has 0 radical (unpaired) electrons. The van der Waals surface area contributed by atoms with Gasteiger partial charge in [0.2, 0.25) is 0 Å². The van der Waals surface area contributed by atoms with Crippen LogP contribution in [0.25, 0.3) is 0 Å². The topological polar surface area (TPSA) is 32.3 Å². The highest BCUT2D eigenvalue weighted by Gasteiger charge is 2.08. The summed E-state index contributed by atoms with van der Waals surface area (Å²) >= 11 is 0. The smallest absolute Gasteiger partial charge is 0.123 e. The van der Waals surface area contributed by atoms with Crippen LogP contribution in [-0.2, 0) is 0 Å². The summed E-state index contributed by atoms with van der Waals surface area (Å²) in [4.78, 5) is 0. The van der Waals surface area contributed by atoms with Crippen molar-refractivity contribution in [3.63, 3.8) is 0 Å². The van der Waals surface area contributed by atoms with Gasteiger partial charge < -0.3 is 10.4 Å². The van der Waals surface area contributed by atoms with Gasteiger partial charge in [-0.25, -0.2) is 4.39 Å². The molecule has 2 atom stereocenters. The van der Waals surface area contributed by atoms with Crippen molar-refractivity contribution in [1.82, 2.24) is 5.32 Å². The Labute approximate surface area is 90.1 Å². The zero-order valence-corrected chi connectivity index (χ0v) is 9.20. The number of hydrogen-bond acceptors (Lipinski definition) is 2. The molecule has 3 heteroatoms. The molecule has 0 fully saturated rings. The Bertz CT molecular complexity index is 303. The van der Waals surface area contributed by atoms with Crippen molar-refractivity contribution in [2.24, 2.45) is 0 Å². The van der Waals surface area contributed by atoms with Crippen molar-refractivity contribution < 1.29 is 9.50 Å². The van der Waals surface area contributed by atoms with E-state index in [1.54, 1.807) is 12.1 Å². The third-order valence-electron chi connectivity index (χ3n) is 2.51. The molecule has 0 aliphatic carbocycles. The summed E-state index contributed by atoms with van der Waals surface area (Å²) in [5.74, 6) is -0.310. The van der Waals surface area contributed by atoms with E-state index in [9.17, 15) is 9.50 Å². The third kappa shape index (κ3) is 3.98. The number of rotatable bonds is 5. The minimum atomic E-state index is -0.644. The van der Waals surface area contributed by atoms with Gasteiger partial charge in [0.15, 0.2) is 0 Å². The lowest BCUT2D eigenvalue weighted by Gasteiger charge is -2.16. The molecule has 2 unspecified atom stereocenters. The molecule has 2 nitrogen and oxygen atoms in total. The quantitative estimate of drug-likeness (QED) is 0.783. The van der Waals surface area contributed by atoms with Gasteiger partial charge in [0.05, 0.1) is 6.10 Å². The first-order valence-corrected chi connectivity index (χ1v) is 5.30. The van der Waals surface area contributed by atoms with Crippen LogP contribution in [0.3, 0.4) is 0 Å². The first-order valence-electron chi connectivity index (χ1n) is 5.30. The fourth-order valence-corrected chi connectivity index (χ4v) is 1.29. The van der Waals surface area contributed by atoms with Crippen LogP contribution in [0, 0.1) is 5.82 Å². The molecule has 0 aliphatic heterocycles. The molecule has 2 N–H and O–H groups in total. The van der Waals surface area contributed by atoms with Crippen LogP contribution in [0.4, 0.5) is 4.39 Å². The Morgan fingerprint density at radius 3 is 2.80 bits per heavy atom.